The molecule has 0 aliphatic rings. The van der Waals surface area contributed by atoms with Crippen molar-refractivity contribution in [2.24, 2.45) is 7.05 Å². The summed E-state index contributed by atoms with van der Waals surface area (Å²) in [5.74, 6) is -0.429. The molecule has 3 N–H and O–H groups in total. The fourth-order valence-electron chi connectivity index (χ4n) is 2.75. The fourth-order valence-corrected chi connectivity index (χ4v) is 2.75. The zero-order valence-corrected chi connectivity index (χ0v) is 15.9. The van der Waals surface area contributed by atoms with E-state index in [2.05, 4.69) is 25.5 Å². The monoisotopic (exact) mass is 370 g/mol. The number of nitrogens with one attached hydrogen (secondary N) is 3. The third-order valence-electron chi connectivity index (χ3n) is 4.28. The van der Waals surface area contributed by atoms with Crippen LogP contribution in [0.4, 0.5) is 0 Å². The summed E-state index contributed by atoms with van der Waals surface area (Å²) in [6.07, 6.45) is 0. The minimum Gasteiger partial charge on any atom is -0.346 e. The Hall–Kier alpha value is -3.23. The first-order valence-corrected chi connectivity index (χ1v) is 8.51. The molecule has 0 aromatic carbocycles. The van der Waals surface area contributed by atoms with Crippen LogP contribution in [0.2, 0.25) is 0 Å². The third-order valence-corrected chi connectivity index (χ3v) is 4.28. The topological polar surface area (TPSA) is 126 Å². The van der Waals surface area contributed by atoms with Crippen LogP contribution in [0.15, 0.2) is 21.7 Å². The summed E-state index contributed by atoms with van der Waals surface area (Å²) in [4.78, 5) is 43.2. The molecule has 0 aliphatic carbocycles. The Morgan fingerprint density at radius 2 is 1.96 bits per heavy atom. The minimum atomic E-state index is -0.637. The van der Waals surface area contributed by atoms with Gasteiger partial charge in [0, 0.05) is 18.2 Å². The predicted molar refractivity (Wildman–Crippen MR) is 101 cm³/mol. The van der Waals surface area contributed by atoms with Crippen LogP contribution in [0, 0.1) is 6.92 Å². The highest BCUT2D eigenvalue weighted by Gasteiger charge is 2.19. The van der Waals surface area contributed by atoms with Gasteiger partial charge in [-0.1, -0.05) is 20.8 Å². The van der Waals surface area contributed by atoms with Gasteiger partial charge in [0.1, 0.15) is 5.65 Å². The van der Waals surface area contributed by atoms with Crippen molar-refractivity contribution in [3.63, 3.8) is 0 Å². The molecule has 0 aliphatic heterocycles. The van der Waals surface area contributed by atoms with Gasteiger partial charge in [-0.05, 0) is 19.1 Å². The van der Waals surface area contributed by atoms with Crippen molar-refractivity contribution in [2.75, 3.05) is 0 Å². The van der Waals surface area contributed by atoms with Crippen LogP contribution >= 0.6 is 0 Å². The molecule has 1 amide bonds. The summed E-state index contributed by atoms with van der Waals surface area (Å²) in [5, 5.41) is 10.0. The lowest BCUT2D eigenvalue weighted by molar-refractivity contribution is 0.0952. The van der Waals surface area contributed by atoms with Crippen molar-refractivity contribution in [1.29, 1.82) is 0 Å². The van der Waals surface area contributed by atoms with E-state index in [1.165, 1.54) is 17.7 Å². The quantitative estimate of drug-likeness (QED) is 0.631. The molecule has 0 saturated carbocycles. The number of pyridine rings is 1. The van der Waals surface area contributed by atoms with Crippen molar-refractivity contribution in [1.82, 2.24) is 30.0 Å². The van der Waals surface area contributed by atoms with Crippen LogP contribution in [0.25, 0.3) is 11.0 Å². The first-order valence-electron chi connectivity index (χ1n) is 8.51. The number of aromatic amines is 2. The number of hydrogen-bond acceptors (Lipinski definition) is 5. The number of carbonyl (C=O) groups is 1. The van der Waals surface area contributed by atoms with Crippen LogP contribution < -0.4 is 16.6 Å². The molecule has 3 aromatic rings. The van der Waals surface area contributed by atoms with Gasteiger partial charge in [0.05, 0.1) is 28.9 Å². The van der Waals surface area contributed by atoms with E-state index in [0.29, 0.717) is 5.69 Å². The summed E-state index contributed by atoms with van der Waals surface area (Å²) in [6.45, 7) is 8.08. The normalized spacial score (nSPS) is 11.7. The highest BCUT2D eigenvalue weighted by atomic mass is 16.2. The van der Waals surface area contributed by atoms with E-state index in [1.54, 1.807) is 6.92 Å². The Balaban J connectivity index is 1.94. The zero-order chi connectivity index (χ0) is 19.9. The van der Waals surface area contributed by atoms with Crippen molar-refractivity contribution in [3.05, 3.63) is 55.6 Å². The maximum Gasteiger partial charge on any atom is 0.329 e. The predicted octanol–water partition coefficient (Wildman–Crippen LogP) is 0.881. The number of aromatic nitrogens is 5. The Kier molecular flexibility index (Phi) is 4.46. The van der Waals surface area contributed by atoms with Crippen molar-refractivity contribution >= 4 is 16.9 Å². The fraction of sp³-hybridized carbons (Fsp3) is 0.389. The first-order chi connectivity index (χ1) is 12.6. The van der Waals surface area contributed by atoms with Gasteiger partial charge >= 0.3 is 5.69 Å². The number of nitrogens with zero attached hydrogens (tertiary/aromatic N) is 3. The van der Waals surface area contributed by atoms with Crippen LogP contribution in [0.5, 0.6) is 0 Å². The molecule has 0 spiro atoms. The molecular weight excluding hydrogens is 348 g/mol. The number of aryl methyl sites for hydroxylation is 2. The first kappa shape index (κ1) is 18.6. The molecule has 27 heavy (non-hydrogen) atoms. The smallest absolute Gasteiger partial charge is 0.329 e. The number of hydrogen-bond donors (Lipinski definition) is 3. The van der Waals surface area contributed by atoms with Gasteiger partial charge in [-0.3, -0.25) is 24.2 Å². The van der Waals surface area contributed by atoms with Gasteiger partial charge in [0.15, 0.2) is 0 Å². The second-order valence-corrected chi connectivity index (χ2v) is 7.54. The van der Waals surface area contributed by atoms with E-state index in [-0.39, 0.29) is 28.6 Å². The van der Waals surface area contributed by atoms with Crippen LogP contribution in [-0.2, 0) is 19.0 Å². The number of carbonyl (C=O) groups excluding carboxylic acids is 1. The molecule has 3 rings (SSSR count). The molecule has 9 heteroatoms. The molecule has 0 atom stereocenters. The molecule has 0 saturated heterocycles. The number of rotatable bonds is 3. The number of amides is 1. The van der Waals surface area contributed by atoms with Gasteiger partial charge in [-0.2, -0.15) is 5.10 Å². The van der Waals surface area contributed by atoms with Crippen LogP contribution in [-0.4, -0.2) is 30.6 Å². The number of H-pyrrole nitrogens is 2. The summed E-state index contributed by atoms with van der Waals surface area (Å²) in [6, 6.07) is 3.43. The molecule has 3 heterocycles. The largest absolute Gasteiger partial charge is 0.346 e. The second-order valence-electron chi connectivity index (χ2n) is 7.54. The summed E-state index contributed by atoms with van der Waals surface area (Å²) < 4.78 is 1.21. The van der Waals surface area contributed by atoms with Crippen molar-refractivity contribution in [3.8, 4) is 0 Å². The Morgan fingerprint density at radius 3 is 2.59 bits per heavy atom. The van der Waals surface area contributed by atoms with Gasteiger partial charge in [-0.15, -0.1) is 0 Å². The Morgan fingerprint density at radius 1 is 1.26 bits per heavy atom. The molecule has 0 unspecified atom stereocenters. The van der Waals surface area contributed by atoms with E-state index in [9.17, 15) is 14.4 Å². The lowest BCUT2D eigenvalue weighted by atomic mass is 9.92. The second kappa shape index (κ2) is 6.49. The van der Waals surface area contributed by atoms with E-state index in [4.69, 9.17) is 0 Å². The highest BCUT2D eigenvalue weighted by molar-refractivity contribution is 6.05. The van der Waals surface area contributed by atoms with Gasteiger partial charge in [0.2, 0.25) is 0 Å². The van der Waals surface area contributed by atoms with Gasteiger partial charge in [-0.25, -0.2) is 9.78 Å². The molecule has 0 fully saturated rings. The van der Waals surface area contributed by atoms with Gasteiger partial charge in [0.25, 0.3) is 11.5 Å². The van der Waals surface area contributed by atoms with E-state index in [1.807, 2.05) is 26.8 Å². The van der Waals surface area contributed by atoms with Crippen LogP contribution in [0.1, 0.15) is 48.2 Å². The lowest BCUT2D eigenvalue weighted by Crippen LogP contribution is -2.32. The summed E-state index contributed by atoms with van der Waals surface area (Å²) in [5.41, 5.74) is 1.20. The SMILES string of the molecule is Cc1cc(C(=O)NCc2cc(C(C)(C)C)n[nH]2)c2c(=O)[nH]c(=O)n(C)c2n1. The molecule has 142 valence electrons. The van der Waals surface area contributed by atoms with Crippen molar-refractivity contribution < 1.29 is 4.79 Å². The molecule has 9 nitrogen and oxygen atoms in total. The van der Waals surface area contributed by atoms with E-state index < -0.39 is 17.2 Å². The van der Waals surface area contributed by atoms with Crippen molar-refractivity contribution in [2.45, 2.75) is 39.7 Å². The molecule has 0 radical (unpaired) electrons. The summed E-state index contributed by atoms with van der Waals surface area (Å²) >= 11 is 0. The van der Waals surface area contributed by atoms with E-state index >= 15 is 0 Å². The molecular formula is C18H22N6O3. The Bertz CT molecular complexity index is 1150. The maximum atomic E-state index is 12.7. The van der Waals surface area contributed by atoms with Crippen LogP contribution in [0.3, 0.4) is 0 Å². The highest BCUT2D eigenvalue weighted by Crippen LogP contribution is 2.20. The molecule has 3 aromatic heterocycles. The molecule has 0 bridgehead atoms. The zero-order valence-electron chi connectivity index (χ0n) is 15.9. The maximum absolute atomic E-state index is 12.7. The number of fused-ring (bicyclic) bond motifs is 1. The van der Waals surface area contributed by atoms with E-state index in [0.717, 1.165) is 11.4 Å². The lowest BCUT2D eigenvalue weighted by Gasteiger charge is -2.13. The summed E-state index contributed by atoms with van der Waals surface area (Å²) in [7, 11) is 1.49. The van der Waals surface area contributed by atoms with Gasteiger partial charge < -0.3 is 5.32 Å². The average Bonchev–Trinajstić information content (AvgIpc) is 3.06. The Labute approximate surface area is 154 Å². The third kappa shape index (κ3) is 3.53. The minimum absolute atomic E-state index is 0.0835. The average molecular weight is 370 g/mol. The standard InChI is InChI=1S/C18H22N6O3/c1-9-6-11(13-14(20-9)24(5)17(27)21-16(13)26)15(25)19-8-10-7-12(23-22-10)18(2,3)4/h6-7H,8H2,1-5H3,(H,19,25)(H,22,23)(H,21,26,27).